The van der Waals surface area contributed by atoms with E-state index < -0.39 is 11.7 Å². The second-order valence-corrected chi connectivity index (χ2v) is 13.5. The van der Waals surface area contributed by atoms with Gasteiger partial charge in [-0.2, -0.15) is 5.26 Å². The molecule has 10 nitrogen and oxygen atoms in total. The lowest BCUT2D eigenvalue weighted by Crippen LogP contribution is -2.46. The summed E-state index contributed by atoms with van der Waals surface area (Å²) in [4.78, 5) is 33.5. The number of fused-ring (bicyclic) bond motifs is 4. The lowest BCUT2D eigenvalue weighted by molar-refractivity contribution is 0.0485. The van der Waals surface area contributed by atoms with E-state index in [9.17, 15) is 14.9 Å². The van der Waals surface area contributed by atoms with Gasteiger partial charge in [-0.3, -0.25) is 4.79 Å². The first-order chi connectivity index (χ1) is 21.0. The lowest BCUT2D eigenvalue weighted by Gasteiger charge is -2.28. The average Bonchev–Trinajstić information content (AvgIpc) is 3.34. The van der Waals surface area contributed by atoms with Crippen LogP contribution in [0.25, 0.3) is 33.5 Å². The van der Waals surface area contributed by atoms with Crippen molar-refractivity contribution in [1.29, 1.82) is 5.26 Å². The number of carbonyl (C=O) groups is 2. The quantitative estimate of drug-likeness (QED) is 0.310. The fourth-order valence-electron chi connectivity index (χ4n) is 7.16. The Morgan fingerprint density at radius 1 is 1.11 bits per heavy atom. The molecule has 1 unspecified atom stereocenters. The van der Waals surface area contributed by atoms with Crippen molar-refractivity contribution in [2.45, 2.75) is 70.7 Å². The van der Waals surface area contributed by atoms with Gasteiger partial charge < -0.3 is 28.8 Å². The molecule has 1 aliphatic heterocycles. The molecule has 0 spiro atoms. The molecule has 1 saturated heterocycles. The minimum atomic E-state index is -0.587. The van der Waals surface area contributed by atoms with E-state index in [4.69, 9.17) is 14.5 Å². The molecule has 2 saturated carbocycles. The number of piperidine rings is 1. The third-order valence-corrected chi connectivity index (χ3v) is 9.33. The smallest absolute Gasteiger partial charge is 0.407 e. The van der Waals surface area contributed by atoms with Gasteiger partial charge in [0.2, 0.25) is 0 Å². The van der Waals surface area contributed by atoms with Gasteiger partial charge >= 0.3 is 6.09 Å². The van der Waals surface area contributed by atoms with Crippen molar-refractivity contribution < 1.29 is 19.1 Å². The zero-order valence-corrected chi connectivity index (χ0v) is 25.9. The van der Waals surface area contributed by atoms with Gasteiger partial charge in [0.25, 0.3) is 5.91 Å². The van der Waals surface area contributed by atoms with Crippen molar-refractivity contribution in [3.63, 3.8) is 0 Å². The summed E-state index contributed by atoms with van der Waals surface area (Å²) in [6.07, 6.45) is 3.78. The molecule has 2 aromatic carbocycles. The van der Waals surface area contributed by atoms with Gasteiger partial charge in [-0.1, -0.05) is 0 Å². The number of hydrogen-bond acceptors (Lipinski definition) is 6. The fraction of sp³-hybridized carbons (Fsp3) is 0.471. The van der Waals surface area contributed by atoms with Crippen LogP contribution in [0.15, 0.2) is 36.4 Å². The largest absolute Gasteiger partial charge is 0.494 e. The highest BCUT2D eigenvalue weighted by atomic mass is 16.6. The summed E-state index contributed by atoms with van der Waals surface area (Å²) in [7, 11) is 3.59. The summed E-state index contributed by atoms with van der Waals surface area (Å²) in [5.41, 5.74) is 4.10. The van der Waals surface area contributed by atoms with E-state index in [2.05, 4.69) is 22.0 Å². The number of aromatic nitrogens is 3. The Bertz CT molecular complexity index is 1850. The molecule has 7 rings (SSSR count). The number of methoxy groups -OCH3 is 1. The molecule has 1 N–H and O–H groups in total. The number of rotatable bonds is 6. The van der Waals surface area contributed by atoms with Crippen molar-refractivity contribution in [2.75, 3.05) is 13.7 Å². The maximum absolute atomic E-state index is 14.0. The Hall–Kier alpha value is -4.52. The Labute approximate surface area is 256 Å². The molecule has 44 heavy (non-hydrogen) atoms. The normalized spacial score (nSPS) is 21.2. The Balaban J connectivity index is 1.23. The summed E-state index contributed by atoms with van der Waals surface area (Å²) in [5, 5.41) is 13.5. The minimum Gasteiger partial charge on any atom is -0.494 e. The van der Waals surface area contributed by atoms with Gasteiger partial charge in [0, 0.05) is 36.6 Å². The van der Waals surface area contributed by atoms with E-state index in [0.717, 1.165) is 47.3 Å². The molecular weight excluding hydrogens is 556 g/mol. The number of benzene rings is 2. The van der Waals surface area contributed by atoms with Crippen LogP contribution in [0.1, 0.15) is 62.4 Å². The third-order valence-electron chi connectivity index (χ3n) is 9.33. The van der Waals surface area contributed by atoms with Gasteiger partial charge in [0.15, 0.2) is 5.82 Å². The minimum absolute atomic E-state index is 0.0857. The molecule has 3 aliphatic rings. The number of alkyl carbamates (subject to hydrolysis) is 1. The molecule has 10 heteroatoms. The van der Waals surface area contributed by atoms with Crippen LogP contribution >= 0.6 is 0 Å². The van der Waals surface area contributed by atoms with Crippen LogP contribution in [-0.2, 0) is 18.3 Å². The standard InChI is InChI=1S/C34H38N6O4/c1-34(2,3)44-33(42)37-29-21-9-11-26(29)40(18-21)32(41)23-13-24-30(28(15-23)43-5)38(4)31(36-24)27-14-22-12-20(16-35)8-10-25(22)39(27)17-19-6-7-19/h8,10,12-15,19,21,26,29H,6-7,9,11,17-18H2,1-5H3,(H,37,42)/t21-,26+,29?/m1/s1. The molecule has 3 atom stereocenters. The van der Waals surface area contributed by atoms with Crippen LogP contribution in [0.5, 0.6) is 5.75 Å². The first-order valence-corrected chi connectivity index (χ1v) is 15.4. The second-order valence-electron chi connectivity index (χ2n) is 13.5. The summed E-state index contributed by atoms with van der Waals surface area (Å²) in [6.45, 7) is 7.01. The molecular formula is C34H38N6O4. The number of likely N-dealkylation sites (tertiary alicyclic amines) is 1. The van der Waals surface area contributed by atoms with Gasteiger partial charge in [0.05, 0.1) is 42.0 Å². The number of aryl methyl sites for hydroxylation is 1. The van der Waals surface area contributed by atoms with Crippen LogP contribution in [0.2, 0.25) is 0 Å². The Kier molecular flexibility index (Phi) is 6.61. The van der Waals surface area contributed by atoms with E-state index in [1.54, 1.807) is 13.2 Å². The summed E-state index contributed by atoms with van der Waals surface area (Å²) in [6, 6.07) is 13.6. The van der Waals surface area contributed by atoms with Crippen molar-refractivity contribution in [3.8, 4) is 23.3 Å². The molecule has 2 aliphatic carbocycles. The number of carbonyl (C=O) groups excluding carboxylic acids is 2. The SMILES string of the molecule is COc1cc(C(=O)N2C[C@H]3CC[C@H]2C3NC(=O)OC(C)(C)C)cc2nc(-c3cc4cc(C#N)ccc4n3CC3CC3)n(C)c12. The highest BCUT2D eigenvalue weighted by Gasteiger charge is 2.50. The van der Waals surface area contributed by atoms with Crippen molar-refractivity contribution in [2.24, 2.45) is 18.9 Å². The zero-order chi connectivity index (χ0) is 30.9. The Morgan fingerprint density at radius 2 is 1.91 bits per heavy atom. The molecule has 4 aromatic rings. The van der Waals surface area contributed by atoms with Crippen LogP contribution in [0.3, 0.4) is 0 Å². The number of ether oxygens (including phenoxy) is 2. The van der Waals surface area contributed by atoms with E-state index in [-0.39, 0.29) is 23.9 Å². The second kappa shape index (κ2) is 10.3. The van der Waals surface area contributed by atoms with Crippen LogP contribution in [0.4, 0.5) is 4.79 Å². The summed E-state index contributed by atoms with van der Waals surface area (Å²) >= 11 is 0. The van der Waals surface area contributed by atoms with E-state index in [1.807, 2.05) is 61.6 Å². The average molecular weight is 595 g/mol. The monoisotopic (exact) mass is 594 g/mol. The van der Waals surface area contributed by atoms with Gasteiger partial charge in [-0.15, -0.1) is 0 Å². The zero-order valence-electron chi connectivity index (χ0n) is 25.9. The number of nitrogens with zero attached hydrogens (tertiary/aromatic N) is 5. The number of nitrogens with one attached hydrogen (secondary N) is 1. The summed E-state index contributed by atoms with van der Waals surface area (Å²) in [5.74, 6) is 2.10. The predicted molar refractivity (Wildman–Crippen MR) is 166 cm³/mol. The molecule has 228 valence electrons. The number of amides is 2. The van der Waals surface area contributed by atoms with E-state index >= 15 is 0 Å². The van der Waals surface area contributed by atoms with Crippen molar-refractivity contribution in [1.82, 2.24) is 24.3 Å². The molecule has 3 fully saturated rings. The van der Waals surface area contributed by atoms with Gasteiger partial charge in [-0.05, 0) is 94.7 Å². The maximum Gasteiger partial charge on any atom is 0.407 e. The van der Waals surface area contributed by atoms with Crippen LogP contribution in [0, 0.1) is 23.2 Å². The first-order valence-electron chi connectivity index (χ1n) is 15.4. The van der Waals surface area contributed by atoms with Gasteiger partial charge in [0.1, 0.15) is 16.9 Å². The summed E-state index contributed by atoms with van der Waals surface area (Å²) < 4.78 is 15.7. The number of hydrogen-bond donors (Lipinski definition) is 1. The highest BCUT2D eigenvalue weighted by molar-refractivity contribution is 6.00. The molecule has 0 radical (unpaired) electrons. The number of imidazole rings is 1. The van der Waals surface area contributed by atoms with E-state index in [1.165, 1.54) is 12.8 Å². The molecule has 2 aromatic heterocycles. The van der Waals surface area contributed by atoms with E-state index in [0.29, 0.717) is 34.9 Å². The fourth-order valence-corrected chi connectivity index (χ4v) is 7.16. The topological polar surface area (TPSA) is 114 Å². The molecule has 2 amide bonds. The lowest BCUT2D eigenvalue weighted by atomic mass is 10.1. The first kappa shape index (κ1) is 28.3. The predicted octanol–water partition coefficient (Wildman–Crippen LogP) is 5.61. The molecule has 2 bridgehead atoms. The van der Waals surface area contributed by atoms with Crippen LogP contribution in [-0.4, -0.2) is 62.4 Å². The molecule has 3 heterocycles. The maximum atomic E-state index is 14.0. The number of nitriles is 1. The van der Waals surface area contributed by atoms with Crippen molar-refractivity contribution in [3.05, 3.63) is 47.5 Å². The highest BCUT2D eigenvalue weighted by Crippen LogP contribution is 2.41. The van der Waals surface area contributed by atoms with Crippen LogP contribution < -0.4 is 10.1 Å². The van der Waals surface area contributed by atoms with Gasteiger partial charge in [-0.25, -0.2) is 9.78 Å². The third kappa shape index (κ3) is 4.84. The Morgan fingerprint density at radius 3 is 2.61 bits per heavy atom. The van der Waals surface area contributed by atoms with Crippen molar-refractivity contribution >= 4 is 33.9 Å².